The van der Waals surface area contributed by atoms with Crippen molar-refractivity contribution in [2.24, 2.45) is 0 Å². The molecule has 0 bridgehead atoms. The van der Waals surface area contributed by atoms with E-state index in [1.807, 2.05) is 6.07 Å². The molecular weight excluding hydrogens is 354 g/mol. The molecule has 106 valence electrons. The molecule has 0 fully saturated rings. The van der Waals surface area contributed by atoms with Crippen molar-refractivity contribution in [3.63, 3.8) is 0 Å². The second-order valence-corrected chi connectivity index (χ2v) is 5.71. The number of halogens is 2. The average molecular weight is 365 g/mol. The number of rotatable bonds is 4. The Morgan fingerprint density at radius 2 is 1.95 bits per heavy atom. The molecular formula is C16H11BrClNO2. The van der Waals surface area contributed by atoms with E-state index in [0.717, 1.165) is 4.47 Å². The van der Waals surface area contributed by atoms with Crippen LogP contribution in [0.4, 0.5) is 0 Å². The van der Waals surface area contributed by atoms with Crippen molar-refractivity contribution in [3.05, 3.63) is 63.1 Å². The highest BCUT2D eigenvalue weighted by molar-refractivity contribution is 9.10. The van der Waals surface area contributed by atoms with Crippen LogP contribution in [0.25, 0.3) is 0 Å². The molecule has 2 aromatic rings. The van der Waals surface area contributed by atoms with Gasteiger partial charge in [-0.3, -0.25) is 4.79 Å². The lowest BCUT2D eigenvalue weighted by atomic mass is 10.1. The quantitative estimate of drug-likeness (QED) is 0.744. The van der Waals surface area contributed by atoms with E-state index in [-0.39, 0.29) is 5.78 Å². The molecule has 0 heterocycles. The Kier molecular flexibility index (Phi) is 5.00. The van der Waals surface area contributed by atoms with Crippen LogP contribution in [-0.4, -0.2) is 11.9 Å². The van der Waals surface area contributed by atoms with Crippen LogP contribution in [0, 0.1) is 11.3 Å². The standard InChI is InChI=1S/C16H11BrClNO2/c1-10(16(20)11-2-5-13(17)6-3-11)21-14-7-4-12(9-19)15(18)8-14/h2-8,10H,1H3. The molecule has 0 aromatic heterocycles. The lowest BCUT2D eigenvalue weighted by Crippen LogP contribution is -2.23. The monoisotopic (exact) mass is 363 g/mol. The van der Waals surface area contributed by atoms with Gasteiger partial charge < -0.3 is 4.74 Å². The van der Waals surface area contributed by atoms with Crippen LogP contribution < -0.4 is 4.74 Å². The number of hydrogen-bond donors (Lipinski definition) is 0. The summed E-state index contributed by atoms with van der Waals surface area (Å²) < 4.78 is 6.49. The Morgan fingerprint density at radius 3 is 2.52 bits per heavy atom. The fraction of sp³-hybridized carbons (Fsp3) is 0.125. The summed E-state index contributed by atoms with van der Waals surface area (Å²) in [5.41, 5.74) is 0.946. The number of carbonyl (C=O) groups is 1. The van der Waals surface area contributed by atoms with Gasteiger partial charge >= 0.3 is 0 Å². The highest BCUT2D eigenvalue weighted by atomic mass is 79.9. The first-order chi connectivity index (χ1) is 10.0. The molecule has 2 aromatic carbocycles. The van der Waals surface area contributed by atoms with Crippen LogP contribution in [0.2, 0.25) is 5.02 Å². The number of ketones is 1. The van der Waals surface area contributed by atoms with Crippen molar-refractivity contribution >= 4 is 33.3 Å². The fourth-order valence-corrected chi connectivity index (χ4v) is 2.24. The zero-order valence-electron chi connectivity index (χ0n) is 11.1. The van der Waals surface area contributed by atoms with E-state index in [9.17, 15) is 4.79 Å². The molecule has 0 aliphatic heterocycles. The number of benzene rings is 2. The summed E-state index contributed by atoms with van der Waals surface area (Å²) in [4.78, 5) is 12.2. The maximum Gasteiger partial charge on any atom is 0.202 e. The predicted molar refractivity (Wildman–Crippen MR) is 84.7 cm³/mol. The van der Waals surface area contributed by atoms with E-state index in [1.165, 1.54) is 6.07 Å². The lowest BCUT2D eigenvalue weighted by molar-refractivity contribution is 0.0818. The summed E-state index contributed by atoms with van der Waals surface area (Å²) in [6.07, 6.45) is -0.643. The number of nitrogens with zero attached hydrogens (tertiary/aromatic N) is 1. The van der Waals surface area contributed by atoms with Crippen LogP contribution in [0.3, 0.4) is 0 Å². The highest BCUT2D eigenvalue weighted by Crippen LogP contribution is 2.23. The molecule has 2 rings (SSSR count). The van der Waals surface area contributed by atoms with E-state index >= 15 is 0 Å². The Balaban J connectivity index is 2.12. The van der Waals surface area contributed by atoms with Gasteiger partial charge in [0.1, 0.15) is 11.8 Å². The van der Waals surface area contributed by atoms with E-state index in [1.54, 1.807) is 43.3 Å². The molecule has 0 saturated carbocycles. The third-order valence-electron chi connectivity index (χ3n) is 2.87. The molecule has 0 aliphatic carbocycles. The molecule has 0 saturated heterocycles. The highest BCUT2D eigenvalue weighted by Gasteiger charge is 2.17. The van der Waals surface area contributed by atoms with Crippen molar-refractivity contribution in [3.8, 4) is 11.8 Å². The molecule has 0 aliphatic rings. The first-order valence-electron chi connectivity index (χ1n) is 6.17. The number of ether oxygens (including phenoxy) is 1. The topological polar surface area (TPSA) is 50.1 Å². The summed E-state index contributed by atoms with van der Waals surface area (Å²) in [6, 6.07) is 13.8. The minimum atomic E-state index is -0.643. The first kappa shape index (κ1) is 15.6. The molecule has 1 atom stereocenters. The molecule has 1 unspecified atom stereocenters. The Labute approximate surface area is 136 Å². The van der Waals surface area contributed by atoms with E-state index in [2.05, 4.69) is 15.9 Å². The Morgan fingerprint density at radius 1 is 1.29 bits per heavy atom. The molecule has 3 nitrogen and oxygen atoms in total. The van der Waals surface area contributed by atoms with Crippen LogP contribution in [0.15, 0.2) is 46.9 Å². The summed E-state index contributed by atoms with van der Waals surface area (Å²) in [5.74, 6) is 0.333. The molecule has 0 radical (unpaired) electrons. The maximum atomic E-state index is 12.2. The van der Waals surface area contributed by atoms with Crippen LogP contribution in [-0.2, 0) is 0 Å². The second kappa shape index (κ2) is 6.75. The number of nitriles is 1. The predicted octanol–water partition coefficient (Wildman–Crippen LogP) is 4.62. The summed E-state index contributed by atoms with van der Waals surface area (Å²) in [7, 11) is 0. The minimum absolute atomic E-state index is 0.122. The zero-order chi connectivity index (χ0) is 15.4. The number of hydrogen-bond acceptors (Lipinski definition) is 3. The normalized spacial score (nSPS) is 11.5. The van der Waals surface area contributed by atoms with Gasteiger partial charge in [0.15, 0.2) is 6.10 Å². The summed E-state index contributed by atoms with van der Waals surface area (Å²) in [5, 5.41) is 9.12. The molecule has 21 heavy (non-hydrogen) atoms. The van der Waals surface area contributed by atoms with Gasteiger partial charge in [0.05, 0.1) is 10.6 Å². The number of carbonyl (C=O) groups excluding carboxylic acids is 1. The van der Waals surface area contributed by atoms with Gasteiger partial charge in [-0.15, -0.1) is 0 Å². The van der Waals surface area contributed by atoms with Gasteiger partial charge in [-0.2, -0.15) is 5.26 Å². The van der Waals surface area contributed by atoms with Crippen molar-refractivity contribution < 1.29 is 9.53 Å². The van der Waals surface area contributed by atoms with Crippen molar-refractivity contribution in [1.82, 2.24) is 0 Å². The van der Waals surface area contributed by atoms with Crippen LogP contribution in [0.1, 0.15) is 22.8 Å². The third kappa shape index (κ3) is 3.84. The van der Waals surface area contributed by atoms with Crippen LogP contribution >= 0.6 is 27.5 Å². The lowest BCUT2D eigenvalue weighted by Gasteiger charge is -2.14. The van der Waals surface area contributed by atoms with Gasteiger partial charge in [0.2, 0.25) is 5.78 Å². The maximum absolute atomic E-state index is 12.2. The van der Waals surface area contributed by atoms with E-state index in [4.69, 9.17) is 21.6 Å². The van der Waals surface area contributed by atoms with Gasteiger partial charge in [0, 0.05) is 16.1 Å². The SMILES string of the molecule is CC(Oc1ccc(C#N)c(Cl)c1)C(=O)c1ccc(Br)cc1. The molecule has 0 N–H and O–H groups in total. The summed E-state index contributed by atoms with van der Waals surface area (Å²) in [6.45, 7) is 1.68. The van der Waals surface area contributed by atoms with Crippen molar-refractivity contribution in [2.45, 2.75) is 13.0 Å². The smallest absolute Gasteiger partial charge is 0.202 e. The Bertz CT molecular complexity index is 707. The van der Waals surface area contributed by atoms with Gasteiger partial charge in [-0.1, -0.05) is 39.7 Å². The first-order valence-corrected chi connectivity index (χ1v) is 7.34. The summed E-state index contributed by atoms with van der Waals surface area (Å²) >= 11 is 9.26. The van der Waals surface area contributed by atoms with E-state index in [0.29, 0.717) is 21.9 Å². The minimum Gasteiger partial charge on any atom is -0.483 e. The third-order valence-corrected chi connectivity index (χ3v) is 3.71. The van der Waals surface area contributed by atoms with E-state index < -0.39 is 6.10 Å². The molecule has 0 spiro atoms. The Hall–Kier alpha value is -1.83. The van der Waals surface area contributed by atoms with Gasteiger partial charge in [-0.25, -0.2) is 0 Å². The molecule has 0 amide bonds. The van der Waals surface area contributed by atoms with Gasteiger partial charge in [-0.05, 0) is 31.2 Å². The van der Waals surface area contributed by atoms with Crippen molar-refractivity contribution in [1.29, 1.82) is 5.26 Å². The largest absolute Gasteiger partial charge is 0.483 e. The second-order valence-electron chi connectivity index (χ2n) is 4.38. The van der Waals surface area contributed by atoms with Crippen LogP contribution in [0.5, 0.6) is 5.75 Å². The average Bonchev–Trinajstić information content (AvgIpc) is 2.47. The molecule has 5 heteroatoms. The number of Topliss-reactive ketones (excluding diaryl/α,β-unsaturated/α-hetero) is 1. The fourth-order valence-electron chi connectivity index (χ4n) is 1.77. The van der Waals surface area contributed by atoms with Gasteiger partial charge in [0.25, 0.3) is 0 Å². The zero-order valence-corrected chi connectivity index (χ0v) is 13.5. The van der Waals surface area contributed by atoms with Crippen molar-refractivity contribution in [2.75, 3.05) is 0 Å².